The number of nitrogens with two attached hydrogens (primary N) is 1. The van der Waals surface area contributed by atoms with Crippen LogP contribution in [0.3, 0.4) is 0 Å². The molecule has 0 aliphatic heterocycles. The summed E-state index contributed by atoms with van der Waals surface area (Å²) in [7, 11) is 0. The van der Waals surface area contributed by atoms with Gasteiger partial charge in [0.1, 0.15) is 6.61 Å². The number of nitrogens with one attached hydrogen (secondary N) is 1. The standard InChI is InChI=1S/C11H16F3N3O/c1-8-2-4-16-6-9(8)10(17-15)3-5-18-7-11(12,13)14/h2,4,6,10,17H,3,5,7,15H2,1H3. The Morgan fingerprint density at radius 3 is 2.78 bits per heavy atom. The summed E-state index contributed by atoms with van der Waals surface area (Å²) in [6.07, 6.45) is -0.662. The van der Waals surface area contributed by atoms with Crippen molar-refractivity contribution >= 4 is 0 Å². The second-order valence-corrected chi connectivity index (χ2v) is 3.91. The molecule has 0 saturated heterocycles. The smallest absolute Gasteiger partial charge is 0.372 e. The number of nitrogens with zero attached hydrogens (tertiary/aromatic N) is 1. The van der Waals surface area contributed by atoms with Crippen LogP contribution in [0.5, 0.6) is 0 Å². The van der Waals surface area contributed by atoms with E-state index in [1.807, 2.05) is 13.0 Å². The molecule has 1 heterocycles. The molecule has 1 aromatic rings. The Balaban J connectivity index is 2.46. The molecule has 1 rings (SSSR count). The zero-order valence-corrected chi connectivity index (χ0v) is 10.00. The number of hydrogen-bond donors (Lipinski definition) is 2. The topological polar surface area (TPSA) is 60.2 Å². The van der Waals surface area contributed by atoms with Crippen molar-refractivity contribution in [3.8, 4) is 0 Å². The van der Waals surface area contributed by atoms with Crippen LogP contribution in [0.4, 0.5) is 13.2 Å². The average Bonchev–Trinajstić information content (AvgIpc) is 2.29. The molecule has 0 amide bonds. The highest BCUT2D eigenvalue weighted by Gasteiger charge is 2.27. The Bertz CT molecular complexity index is 371. The lowest BCUT2D eigenvalue weighted by Gasteiger charge is -2.18. The van der Waals surface area contributed by atoms with Gasteiger partial charge in [0.2, 0.25) is 0 Å². The fraction of sp³-hybridized carbons (Fsp3) is 0.545. The predicted octanol–water partition coefficient (Wildman–Crippen LogP) is 1.86. The van der Waals surface area contributed by atoms with Crippen LogP contribution in [0.25, 0.3) is 0 Å². The predicted molar refractivity (Wildman–Crippen MR) is 60.5 cm³/mol. The van der Waals surface area contributed by atoms with Crippen molar-refractivity contribution in [1.29, 1.82) is 0 Å². The minimum Gasteiger partial charge on any atom is -0.372 e. The summed E-state index contributed by atoms with van der Waals surface area (Å²) in [5, 5.41) is 0. The summed E-state index contributed by atoms with van der Waals surface area (Å²) in [4.78, 5) is 3.97. The molecule has 0 aromatic carbocycles. The monoisotopic (exact) mass is 263 g/mol. The number of hydrazine groups is 1. The molecule has 0 fully saturated rings. The lowest BCUT2D eigenvalue weighted by atomic mass is 10.0. The zero-order chi connectivity index (χ0) is 13.6. The fourth-order valence-corrected chi connectivity index (χ4v) is 1.56. The maximum absolute atomic E-state index is 11.9. The first kappa shape index (κ1) is 14.9. The highest BCUT2D eigenvalue weighted by Crippen LogP contribution is 2.20. The van der Waals surface area contributed by atoms with E-state index in [0.717, 1.165) is 11.1 Å². The number of hydrogen-bond acceptors (Lipinski definition) is 4. The zero-order valence-electron chi connectivity index (χ0n) is 10.00. The number of halogens is 3. The van der Waals surface area contributed by atoms with E-state index in [-0.39, 0.29) is 12.6 Å². The molecule has 3 N–H and O–H groups in total. The summed E-state index contributed by atoms with van der Waals surface area (Å²) in [5.74, 6) is 5.39. The third-order valence-corrected chi connectivity index (χ3v) is 2.47. The minimum absolute atomic E-state index is 0.0251. The van der Waals surface area contributed by atoms with Crippen LogP contribution in [0.2, 0.25) is 0 Å². The van der Waals surface area contributed by atoms with E-state index in [2.05, 4.69) is 15.1 Å². The van der Waals surface area contributed by atoms with Crippen LogP contribution in [0.15, 0.2) is 18.5 Å². The van der Waals surface area contributed by atoms with Gasteiger partial charge in [-0.25, -0.2) is 0 Å². The molecular weight excluding hydrogens is 247 g/mol. The molecule has 102 valence electrons. The summed E-state index contributed by atoms with van der Waals surface area (Å²) in [5.41, 5.74) is 4.39. The molecule has 18 heavy (non-hydrogen) atoms. The fourth-order valence-electron chi connectivity index (χ4n) is 1.56. The van der Waals surface area contributed by atoms with Gasteiger partial charge in [-0.15, -0.1) is 0 Å². The van der Waals surface area contributed by atoms with Crippen molar-refractivity contribution < 1.29 is 17.9 Å². The van der Waals surface area contributed by atoms with E-state index < -0.39 is 12.8 Å². The molecule has 0 aliphatic carbocycles. The Morgan fingerprint density at radius 2 is 2.22 bits per heavy atom. The summed E-state index contributed by atoms with van der Waals surface area (Å²) in [6, 6.07) is 1.54. The maximum Gasteiger partial charge on any atom is 0.411 e. The van der Waals surface area contributed by atoms with E-state index >= 15 is 0 Å². The molecule has 1 aromatic heterocycles. The van der Waals surface area contributed by atoms with Crippen LogP contribution in [-0.2, 0) is 4.74 Å². The second-order valence-electron chi connectivity index (χ2n) is 3.91. The van der Waals surface area contributed by atoms with Crippen molar-refractivity contribution in [1.82, 2.24) is 10.4 Å². The minimum atomic E-state index is -4.30. The van der Waals surface area contributed by atoms with Gasteiger partial charge >= 0.3 is 6.18 Å². The lowest BCUT2D eigenvalue weighted by molar-refractivity contribution is -0.174. The Kier molecular flexibility index (Phi) is 5.52. The average molecular weight is 263 g/mol. The number of aryl methyl sites for hydroxylation is 1. The van der Waals surface area contributed by atoms with Gasteiger partial charge in [0.15, 0.2) is 0 Å². The SMILES string of the molecule is Cc1ccncc1C(CCOCC(F)(F)F)NN. The van der Waals surface area contributed by atoms with E-state index in [4.69, 9.17) is 5.84 Å². The van der Waals surface area contributed by atoms with Gasteiger partial charge in [-0.3, -0.25) is 16.3 Å². The first-order chi connectivity index (χ1) is 8.44. The van der Waals surface area contributed by atoms with Gasteiger partial charge in [0.25, 0.3) is 0 Å². The Morgan fingerprint density at radius 1 is 1.50 bits per heavy atom. The summed E-state index contributed by atoms with van der Waals surface area (Å²) < 4.78 is 40.2. The van der Waals surface area contributed by atoms with Crippen molar-refractivity contribution in [2.45, 2.75) is 25.6 Å². The van der Waals surface area contributed by atoms with Crippen molar-refractivity contribution in [3.63, 3.8) is 0 Å². The van der Waals surface area contributed by atoms with Gasteiger partial charge < -0.3 is 4.74 Å². The molecule has 0 spiro atoms. The van der Waals surface area contributed by atoms with Gasteiger partial charge in [0, 0.05) is 25.0 Å². The van der Waals surface area contributed by atoms with Gasteiger partial charge in [0.05, 0.1) is 0 Å². The first-order valence-corrected chi connectivity index (χ1v) is 5.45. The van der Waals surface area contributed by atoms with Crippen LogP contribution in [0, 0.1) is 6.92 Å². The Hall–Kier alpha value is -1.18. The van der Waals surface area contributed by atoms with E-state index in [1.165, 1.54) is 0 Å². The number of alkyl halides is 3. The second kappa shape index (κ2) is 6.67. The third-order valence-electron chi connectivity index (χ3n) is 2.47. The van der Waals surface area contributed by atoms with Crippen LogP contribution in [0.1, 0.15) is 23.6 Å². The largest absolute Gasteiger partial charge is 0.411 e. The molecular formula is C11H16F3N3O. The van der Waals surface area contributed by atoms with Crippen LogP contribution >= 0.6 is 0 Å². The maximum atomic E-state index is 11.9. The Labute approximate surface area is 103 Å². The highest BCUT2D eigenvalue weighted by molar-refractivity contribution is 5.24. The molecule has 0 radical (unpaired) electrons. The van der Waals surface area contributed by atoms with Crippen LogP contribution in [-0.4, -0.2) is 24.4 Å². The highest BCUT2D eigenvalue weighted by atomic mass is 19.4. The molecule has 0 bridgehead atoms. The molecule has 4 nitrogen and oxygen atoms in total. The molecule has 1 atom stereocenters. The van der Waals surface area contributed by atoms with Crippen LogP contribution < -0.4 is 11.3 Å². The molecule has 0 saturated carbocycles. The van der Waals surface area contributed by atoms with E-state index in [1.54, 1.807) is 12.4 Å². The molecule has 1 unspecified atom stereocenters. The normalized spacial score (nSPS) is 13.6. The number of rotatable bonds is 6. The van der Waals surface area contributed by atoms with Gasteiger partial charge in [-0.1, -0.05) is 0 Å². The summed E-state index contributed by atoms with van der Waals surface area (Å²) >= 11 is 0. The molecule has 0 aliphatic rings. The number of ether oxygens (including phenoxy) is 1. The lowest BCUT2D eigenvalue weighted by Crippen LogP contribution is -2.30. The van der Waals surface area contributed by atoms with E-state index in [0.29, 0.717) is 6.42 Å². The van der Waals surface area contributed by atoms with E-state index in [9.17, 15) is 13.2 Å². The van der Waals surface area contributed by atoms with Gasteiger partial charge in [-0.2, -0.15) is 13.2 Å². The van der Waals surface area contributed by atoms with Crippen molar-refractivity contribution in [3.05, 3.63) is 29.6 Å². The molecule has 7 heteroatoms. The van der Waals surface area contributed by atoms with Gasteiger partial charge in [-0.05, 0) is 30.5 Å². The van der Waals surface area contributed by atoms with Crippen molar-refractivity contribution in [2.75, 3.05) is 13.2 Å². The number of pyridine rings is 1. The summed E-state index contributed by atoms with van der Waals surface area (Å²) in [6.45, 7) is 0.622. The number of aromatic nitrogens is 1. The third kappa shape index (κ3) is 4.99. The van der Waals surface area contributed by atoms with Crippen molar-refractivity contribution in [2.24, 2.45) is 5.84 Å². The quantitative estimate of drug-likeness (QED) is 0.467. The first-order valence-electron chi connectivity index (χ1n) is 5.45.